The molecular weight excluding hydrogens is 284 g/mol. The highest BCUT2D eigenvalue weighted by atomic mass is 35.5. The van der Waals surface area contributed by atoms with Gasteiger partial charge in [0.2, 0.25) is 0 Å². The number of nitriles is 1. The molecule has 0 N–H and O–H groups in total. The molecule has 0 spiro atoms. The van der Waals surface area contributed by atoms with Gasteiger partial charge in [0.25, 0.3) is 0 Å². The van der Waals surface area contributed by atoms with Crippen LogP contribution in [0.3, 0.4) is 0 Å². The van der Waals surface area contributed by atoms with Gasteiger partial charge in [0.1, 0.15) is 17.6 Å². The predicted molar refractivity (Wildman–Crippen MR) is 70.5 cm³/mol. The van der Waals surface area contributed by atoms with E-state index in [0.717, 1.165) is 12.1 Å². The summed E-state index contributed by atoms with van der Waals surface area (Å²) in [5.41, 5.74) is 0.0478. The zero-order chi connectivity index (χ0) is 14.7. The molecule has 5 heteroatoms. The Morgan fingerprint density at radius 2 is 1.80 bits per heavy atom. The quantitative estimate of drug-likeness (QED) is 0.799. The molecule has 1 atom stereocenters. The monoisotopic (exact) mass is 291 g/mol. The molecule has 0 bridgehead atoms. The second kappa shape index (κ2) is 5.81. The normalized spacial score (nSPS) is 11.7. The van der Waals surface area contributed by atoms with Crippen LogP contribution in [-0.2, 0) is 0 Å². The maximum atomic E-state index is 13.9. The number of hydrogen-bond donors (Lipinski definition) is 0. The van der Waals surface area contributed by atoms with E-state index in [1.165, 1.54) is 30.3 Å². The van der Waals surface area contributed by atoms with Crippen molar-refractivity contribution in [3.63, 3.8) is 0 Å². The molecule has 0 aromatic heterocycles. The zero-order valence-electron chi connectivity index (χ0n) is 10.1. The van der Waals surface area contributed by atoms with Crippen molar-refractivity contribution >= 4 is 17.4 Å². The second-order valence-corrected chi connectivity index (χ2v) is 4.48. The standard InChI is InChI=1S/C15H8ClF2NO/c16-13-3-1-2-11(14(13)18)12(8-19)15(20)9-4-6-10(17)7-5-9/h1-7,12H. The Kier molecular flexibility index (Phi) is 4.11. The highest BCUT2D eigenvalue weighted by Crippen LogP contribution is 2.27. The van der Waals surface area contributed by atoms with E-state index in [1.54, 1.807) is 6.07 Å². The molecule has 0 fully saturated rings. The number of halogens is 3. The molecule has 0 aliphatic rings. The fraction of sp³-hybridized carbons (Fsp3) is 0.0667. The number of hydrogen-bond acceptors (Lipinski definition) is 2. The van der Waals surface area contributed by atoms with Gasteiger partial charge in [-0.2, -0.15) is 5.26 Å². The van der Waals surface area contributed by atoms with Crippen LogP contribution in [0.4, 0.5) is 8.78 Å². The topological polar surface area (TPSA) is 40.9 Å². The summed E-state index contributed by atoms with van der Waals surface area (Å²) in [5, 5.41) is 8.97. The summed E-state index contributed by atoms with van der Waals surface area (Å²) in [6.07, 6.45) is 0. The van der Waals surface area contributed by atoms with Gasteiger partial charge in [-0.1, -0.05) is 23.7 Å². The first-order valence-electron chi connectivity index (χ1n) is 5.68. The summed E-state index contributed by atoms with van der Waals surface area (Å²) < 4.78 is 26.7. The molecule has 2 aromatic rings. The Morgan fingerprint density at radius 3 is 2.40 bits per heavy atom. The number of carbonyl (C=O) groups is 1. The van der Waals surface area contributed by atoms with Crippen LogP contribution < -0.4 is 0 Å². The number of nitrogens with zero attached hydrogens (tertiary/aromatic N) is 1. The van der Waals surface area contributed by atoms with Gasteiger partial charge in [0.05, 0.1) is 11.1 Å². The number of rotatable bonds is 3. The fourth-order valence-electron chi connectivity index (χ4n) is 1.79. The Balaban J connectivity index is 2.43. The van der Waals surface area contributed by atoms with E-state index >= 15 is 0 Å². The first-order valence-corrected chi connectivity index (χ1v) is 6.05. The van der Waals surface area contributed by atoms with Crippen LogP contribution in [0.1, 0.15) is 21.8 Å². The number of carbonyl (C=O) groups excluding carboxylic acids is 1. The van der Waals surface area contributed by atoms with Crippen molar-refractivity contribution in [2.24, 2.45) is 0 Å². The van der Waals surface area contributed by atoms with E-state index < -0.39 is 23.3 Å². The van der Waals surface area contributed by atoms with Crippen LogP contribution in [0.25, 0.3) is 0 Å². The van der Waals surface area contributed by atoms with Gasteiger partial charge < -0.3 is 0 Å². The van der Waals surface area contributed by atoms with Crippen LogP contribution in [0, 0.1) is 23.0 Å². The maximum Gasteiger partial charge on any atom is 0.184 e. The second-order valence-electron chi connectivity index (χ2n) is 4.08. The zero-order valence-corrected chi connectivity index (χ0v) is 10.9. The summed E-state index contributed by atoms with van der Waals surface area (Å²) in [7, 11) is 0. The van der Waals surface area contributed by atoms with Crippen molar-refractivity contribution in [2.75, 3.05) is 0 Å². The minimum atomic E-state index is -1.32. The molecule has 0 saturated heterocycles. The highest BCUT2D eigenvalue weighted by molar-refractivity contribution is 6.30. The molecule has 1 unspecified atom stereocenters. The molecule has 0 aliphatic heterocycles. The highest BCUT2D eigenvalue weighted by Gasteiger charge is 2.25. The van der Waals surface area contributed by atoms with Gasteiger partial charge >= 0.3 is 0 Å². The summed E-state index contributed by atoms with van der Waals surface area (Å²) in [5.74, 6) is -3.21. The first-order chi connectivity index (χ1) is 9.54. The smallest absolute Gasteiger partial charge is 0.184 e. The van der Waals surface area contributed by atoms with E-state index in [1.807, 2.05) is 0 Å². The van der Waals surface area contributed by atoms with E-state index in [-0.39, 0.29) is 16.1 Å². The van der Waals surface area contributed by atoms with Crippen LogP contribution in [0.15, 0.2) is 42.5 Å². The molecule has 2 aromatic carbocycles. The van der Waals surface area contributed by atoms with Gasteiger partial charge in [-0.15, -0.1) is 0 Å². The lowest BCUT2D eigenvalue weighted by molar-refractivity contribution is 0.0977. The van der Waals surface area contributed by atoms with Gasteiger partial charge in [-0.3, -0.25) is 4.79 Å². The lowest BCUT2D eigenvalue weighted by Gasteiger charge is -2.10. The predicted octanol–water partition coefficient (Wildman–Crippen LogP) is 4.11. The van der Waals surface area contributed by atoms with Gasteiger partial charge in [-0.05, 0) is 30.3 Å². The molecule has 100 valence electrons. The third-order valence-corrected chi connectivity index (χ3v) is 3.10. The third kappa shape index (κ3) is 2.68. The minimum absolute atomic E-state index is 0.0886. The average molecular weight is 292 g/mol. The molecule has 2 nitrogen and oxygen atoms in total. The third-order valence-electron chi connectivity index (χ3n) is 2.81. The van der Waals surface area contributed by atoms with E-state index in [9.17, 15) is 13.6 Å². The molecule has 0 saturated carbocycles. The summed E-state index contributed by atoms with van der Waals surface area (Å²) in [6, 6.07) is 10.6. The van der Waals surface area contributed by atoms with Crippen molar-refractivity contribution in [3.05, 3.63) is 70.2 Å². The Hall–Kier alpha value is -2.25. The number of benzene rings is 2. The van der Waals surface area contributed by atoms with Crippen molar-refractivity contribution < 1.29 is 13.6 Å². The van der Waals surface area contributed by atoms with E-state index in [4.69, 9.17) is 16.9 Å². The molecule has 0 amide bonds. The fourth-order valence-corrected chi connectivity index (χ4v) is 1.98. The van der Waals surface area contributed by atoms with Gasteiger partial charge in [0.15, 0.2) is 5.78 Å². The Morgan fingerprint density at radius 1 is 1.15 bits per heavy atom. The van der Waals surface area contributed by atoms with E-state index in [2.05, 4.69) is 0 Å². The Bertz CT molecular complexity index is 692. The number of Topliss-reactive ketones (excluding diaryl/α,β-unsaturated/α-hetero) is 1. The molecular formula is C15H8ClF2NO. The SMILES string of the molecule is N#CC(C(=O)c1ccc(F)cc1)c1cccc(Cl)c1F. The average Bonchev–Trinajstić information content (AvgIpc) is 2.45. The lowest BCUT2D eigenvalue weighted by atomic mass is 9.91. The molecule has 0 heterocycles. The molecule has 0 radical (unpaired) electrons. The summed E-state index contributed by atoms with van der Waals surface area (Å²) in [4.78, 5) is 12.2. The lowest BCUT2D eigenvalue weighted by Crippen LogP contribution is -2.13. The van der Waals surface area contributed by atoms with E-state index in [0.29, 0.717) is 0 Å². The van der Waals surface area contributed by atoms with Crippen molar-refractivity contribution in [2.45, 2.75) is 5.92 Å². The summed E-state index contributed by atoms with van der Waals surface area (Å²) >= 11 is 5.64. The van der Waals surface area contributed by atoms with Crippen LogP contribution >= 0.6 is 11.6 Å². The molecule has 0 aliphatic carbocycles. The Labute approximate surface area is 119 Å². The largest absolute Gasteiger partial charge is 0.292 e. The summed E-state index contributed by atoms with van der Waals surface area (Å²) in [6.45, 7) is 0. The molecule has 2 rings (SSSR count). The van der Waals surface area contributed by atoms with Crippen molar-refractivity contribution in [1.82, 2.24) is 0 Å². The van der Waals surface area contributed by atoms with Crippen LogP contribution in [0.5, 0.6) is 0 Å². The maximum absolute atomic E-state index is 13.9. The van der Waals surface area contributed by atoms with Crippen LogP contribution in [-0.4, -0.2) is 5.78 Å². The number of ketones is 1. The van der Waals surface area contributed by atoms with Crippen molar-refractivity contribution in [1.29, 1.82) is 5.26 Å². The minimum Gasteiger partial charge on any atom is -0.292 e. The van der Waals surface area contributed by atoms with Gasteiger partial charge in [0, 0.05) is 11.1 Å². The first kappa shape index (κ1) is 14.2. The molecule has 20 heavy (non-hydrogen) atoms. The van der Waals surface area contributed by atoms with Gasteiger partial charge in [-0.25, -0.2) is 8.78 Å². The van der Waals surface area contributed by atoms with Crippen LogP contribution in [0.2, 0.25) is 5.02 Å². The van der Waals surface area contributed by atoms with Crippen molar-refractivity contribution in [3.8, 4) is 6.07 Å².